The van der Waals surface area contributed by atoms with E-state index in [9.17, 15) is 8.42 Å². The van der Waals surface area contributed by atoms with Gasteiger partial charge in [-0.25, -0.2) is 18.1 Å². The standard InChI is InChI=1S/C9H17N3O2S/c1-8(2)3-4-15(13,14)12-6-9-5-10-7-11-9/h5,7-8,12H,3-4,6H2,1-2H3,(H,10,11). The van der Waals surface area contributed by atoms with Gasteiger partial charge in [-0.2, -0.15) is 0 Å². The summed E-state index contributed by atoms with van der Waals surface area (Å²) in [6, 6.07) is 0. The maximum atomic E-state index is 11.5. The third-order valence-corrected chi connectivity index (χ3v) is 3.36. The first-order chi connectivity index (χ1) is 6.99. The van der Waals surface area contributed by atoms with Crippen molar-refractivity contribution < 1.29 is 8.42 Å². The quantitative estimate of drug-likeness (QED) is 0.763. The smallest absolute Gasteiger partial charge is 0.211 e. The van der Waals surface area contributed by atoms with Crippen LogP contribution in [0.3, 0.4) is 0 Å². The summed E-state index contributed by atoms with van der Waals surface area (Å²) in [5.41, 5.74) is 0.767. The second-order valence-electron chi connectivity index (χ2n) is 3.90. The van der Waals surface area contributed by atoms with Crippen molar-refractivity contribution in [3.63, 3.8) is 0 Å². The van der Waals surface area contributed by atoms with Gasteiger partial charge in [0.05, 0.1) is 18.6 Å². The number of hydrogen-bond acceptors (Lipinski definition) is 3. The summed E-state index contributed by atoms with van der Waals surface area (Å²) in [7, 11) is -3.15. The Morgan fingerprint density at radius 3 is 2.80 bits per heavy atom. The fourth-order valence-electron chi connectivity index (χ4n) is 1.03. The van der Waals surface area contributed by atoms with Crippen LogP contribution in [0.1, 0.15) is 26.0 Å². The molecule has 0 fully saturated rings. The fraction of sp³-hybridized carbons (Fsp3) is 0.667. The first kappa shape index (κ1) is 12.2. The molecule has 0 aliphatic carbocycles. The monoisotopic (exact) mass is 231 g/mol. The van der Waals surface area contributed by atoms with E-state index in [1.54, 1.807) is 6.20 Å². The second kappa shape index (κ2) is 5.27. The lowest BCUT2D eigenvalue weighted by Crippen LogP contribution is -2.26. The molecule has 1 aromatic heterocycles. The third kappa shape index (κ3) is 4.94. The maximum absolute atomic E-state index is 11.5. The van der Waals surface area contributed by atoms with E-state index in [-0.39, 0.29) is 12.3 Å². The minimum absolute atomic E-state index is 0.179. The van der Waals surface area contributed by atoms with Crippen molar-refractivity contribution in [2.24, 2.45) is 5.92 Å². The van der Waals surface area contributed by atoms with Crippen LogP contribution in [0.5, 0.6) is 0 Å². The first-order valence-corrected chi connectivity index (χ1v) is 6.59. The summed E-state index contributed by atoms with van der Waals surface area (Å²) in [6.07, 6.45) is 3.81. The van der Waals surface area contributed by atoms with E-state index >= 15 is 0 Å². The number of rotatable bonds is 6. The molecule has 0 spiro atoms. The number of sulfonamides is 1. The zero-order valence-corrected chi connectivity index (χ0v) is 9.84. The van der Waals surface area contributed by atoms with Gasteiger partial charge in [0, 0.05) is 11.9 Å². The fourth-order valence-corrected chi connectivity index (χ4v) is 2.33. The summed E-state index contributed by atoms with van der Waals surface area (Å²) < 4.78 is 25.5. The van der Waals surface area contributed by atoms with Crippen LogP contribution < -0.4 is 4.72 Å². The van der Waals surface area contributed by atoms with Gasteiger partial charge in [0.1, 0.15) is 0 Å². The number of nitrogens with zero attached hydrogens (tertiary/aromatic N) is 1. The molecule has 0 unspecified atom stereocenters. The van der Waals surface area contributed by atoms with Crippen molar-refractivity contribution in [3.05, 3.63) is 18.2 Å². The number of aromatic nitrogens is 2. The van der Waals surface area contributed by atoms with E-state index in [1.807, 2.05) is 13.8 Å². The Hall–Kier alpha value is -0.880. The molecule has 0 atom stereocenters. The Labute approximate surface area is 90.4 Å². The van der Waals surface area contributed by atoms with E-state index in [4.69, 9.17) is 0 Å². The molecule has 15 heavy (non-hydrogen) atoms. The van der Waals surface area contributed by atoms with Crippen molar-refractivity contribution in [1.82, 2.24) is 14.7 Å². The Kier molecular flexibility index (Phi) is 4.28. The van der Waals surface area contributed by atoms with Crippen LogP contribution in [0.25, 0.3) is 0 Å². The van der Waals surface area contributed by atoms with Gasteiger partial charge in [-0.05, 0) is 12.3 Å². The molecule has 0 aliphatic heterocycles. The molecule has 1 aromatic rings. The SMILES string of the molecule is CC(C)CCS(=O)(=O)NCc1cnc[nH]1. The molecular weight excluding hydrogens is 214 g/mol. The van der Waals surface area contributed by atoms with E-state index in [2.05, 4.69) is 14.7 Å². The highest BCUT2D eigenvalue weighted by Gasteiger charge is 2.10. The average Bonchev–Trinajstić information content (AvgIpc) is 2.65. The summed E-state index contributed by atoms with van der Waals surface area (Å²) in [6.45, 7) is 4.29. The average molecular weight is 231 g/mol. The molecule has 0 amide bonds. The van der Waals surface area contributed by atoms with Gasteiger partial charge < -0.3 is 4.98 Å². The second-order valence-corrected chi connectivity index (χ2v) is 5.83. The summed E-state index contributed by atoms with van der Waals surface area (Å²) in [4.78, 5) is 6.64. The molecule has 0 radical (unpaired) electrons. The predicted octanol–water partition coefficient (Wildman–Crippen LogP) is 0.875. The predicted molar refractivity (Wildman–Crippen MR) is 58.7 cm³/mol. The molecule has 86 valence electrons. The Morgan fingerprint density at radius 2 is 2.27 bits per heavy atom. The molecule has 0 bridgehead atoms. The van der Waals surface area contributed by atoms with Crippen LogP contribution in [-0.2, 0) is 16.6 Å². The first-order valence-electron chi connectivity index (χ1n) is 4.94. The minimum atomic E-state index is -3.15. The molecule has 5 nitrogen and oxygen atoms in total. The van der Waals surface area contributed by atoms with E-state index in [0.29, 0.717) is 12.3 Å². The lowest BCUT2D eigenvalue weighted by Gasteiger charge is -2.07. The normalized spacial score (nSPS) is 12.2. The van der Waals surface area contributed by atoms with Crippen LogP contribution in [0, 0.1) is 5.92 Å². The molecule has 1 heterocycles. The summed E-state index contributed by atoms with van der Waals surface area (Å²) >= 11 is 0. The molecule has 0 aliphatic rings. The maximum Gasteiger partial charge on any atom is 0.211 e. The van der Waals surface area contributed by atoms with Crippen LogP contribution in [-0.4, -0.2) is 24.1 Å². The van der Waals surface area contributed by atoms with Crippen molar-refractivity contribution >= 4 is 10.0 Å². The van der Waals surface area contributed by atoms with E-state index < -0.39 is 10.0 Å². The number of nitrogens with one attached hydrogen (secondary N) is 2. The zero-order valence-electron chi connectivity index (χ0n) is 9.03. The number of imidazole rings is 1. The van der Waals surface area contributed by atoms with Gasteiger partial charge in [-0.3, -0.25) is 0 Å². The third-order valence-electron chi connectivity index (χ3n) is 2.00. The number of aromatic amines is 1. The Morgan fingerprint density at radius 1 is 1.53 bits per heavy atom. The van der Waals surface area contributed by atoms with Crippen LogP contribution in [0.15, 0.2) is 12.5 Å². The minimum Gasteiger partial charge on any atom is -0.347 e. The zero-order chi connectivity index (χ0) is 11.3. The van der Waals surface area contributed by atoms with Crippen molar-refractivity contribution in [1.29, 1.82) is 0 Å². The molecule has 0 saturated heterocycles. The highest BCUT2D eigenvalue weighted by Crippen LogP contribution is 2.02. The topological polar surface area (TPSA) is 74.8 Å². The van der Waals surface area contributed by atoms with Crippen LogP contribution in [0.2, 0.25) is 0 Å². The lowest BCUT2D eigenvalue weighted by molar-refractivity contribution is 0.561. The van der Waals surface area contributed by atoms with Gasteiger partial charge in [-0.1, -0.05) is 13.8 Å². The van der Waals surface area contributed by atoms with Gasteiger partial charge in [0.2, 0.25) is 10.0 Å². The highest BCUT2D eigenvalue weighted by molar-refractivity contribution is 7.89. The van der Waals surface area contributed by atoms with Crippen molar-refractivity contribution in [3.8, 4) is 0 Å². The lowest BCUT2D eigenvalue weighted by atomic mass is 10.2. The molecule has 0 aromatic carbocycles. The molecule has 1 rings (SSSR count). The van der Waals surface area contributed by atoms with Gasteiger partial charge in [0.25, 0.3) is 0 Å². The van der Waals surface area contributed by atoms with Crippen LogP contribution in [0.4, 0.5) is 0 Å². The largest absolute Gasteiger partial charge is 0.347 e. The summed E-state index contributed by atoms with van der Waals surface area (Å²) in [5, 5.41) is 0. The van der Waals surface area contributed by atoms with E-state index in [1.165, 1.54) is 6.33 Å². The molecule has 2 N–H and O–H groups in total. The summed E-state index contributed by atoms with van der Waals surface area (Å²) in [5.74, 6) is 0.576. The van der Waals surface area contributed by atoms with Gasteiger partial charge >= 0.3 is 0 Å². The molecule has 6 heteroatoms. The van der Waals surface area contributed by atoms with Gasteiger partial charge in [-0.15, -0.1) is 0 Å². The Bertz CT molecular complexity index is 370. The Balaban J connectivity index is 2.37. The molecule has 0 saturated carbocycles. The van der Waals surface area contributed by atoms with Crippen molar-refractivity contribution in [2.75, 3.05) is 5.75 Å². The van der Waals surface area contributed by atoms with Crippen molar-refractivity contribution in [2.45, 2.75) is 26.8 Å². The van der Waals surface area contributed by atoms with Gasteiger partial charge in [0.15, 0.2) is 0 Å². The van der Waals surface area contributed by atoms with Crippen LogP contribution >= 0.6 is 0 Å². The molecular formula is C9H17N3O2S. The van der Waals surface area contributed by atoms with E-state index in [0.717, 1.165) is 5.69 Å². The highest BCUT2D eigenvalue weighted by atomic mass is 32.2. The number of hydrogen-bond donors (Lipinski definition) is 2. The number of H-pyrrole nitrogens is 1.